The van der Waals surface area contributed by atoms with Crippen LogP contribution in [0.2, 0.25) is 0 Å². The molecule has 4 N–H and O–H groups in total. The Morgan fingerprint density at radius 2 is 1.96 bits per heavy atom. The van der Waals surface area contributed by atoms with E-state index in [0.717, 1.165) is 38.0 Å². The van der Waals surface area contributed by atoms with Crippen LogP contribution in [0.3, 0.4) is 0 Å². The van der Waals surface area contributed by atoms with E-state index in [1.165, 1.54) is 5.56 Å². The number of nitrogens with two attached hydrogens (primary N) is 2. The Balaban J connectivity index is 1.57. The standard InChI is InChI=1S/C19H27N5O/c1-3-24(11-7-10-14-8-5-4-6-9-14)13-19(2)12-15-16(20)22-18(21)23-17(15)25-19/h4-6,8-9H,3,7,10-13H2,1-2H3,(H4,20,21,22,23)/t19-/m0/s1. The van der Waals surface area contributed by atoms with Gasteiger partial charge in [-0.25, -0.2) is 0 Å². The summed E-state index contributed by atoms with van der Waals surface area (Å²) >= 11 is 0. The number of anilines is 2. The lowest BCUT2D eigenvalue weighted by Crippen LogP contribution is -2.44. The molecule has 0 aliphatic carbocycles. The third-order valence-corrected chi connectivity index (χ3v) is 4.70. The Morgan fingerprint density at radius 3 is 2.68 bits per heavy atom. The van der Waals surface area contributed by atoms with Gasteiger partial charge in [0.15, 0.2) is 0 Å². The van der Waals surface area contributed by atoms with Crippen LogP contribution in [0.4, 0.5) is 11.8 Å². The molecule has 1 aliphatic rings. The van der Waals surface area contributed by atoms with Crippen molar-refractivity contribution in [3.8, 4) is 5.88 Å². The van der Waals surface area contributed by atoms with Crippen molar-refractivity contribution >= 4 is 11.8 Å². The molecule has 1 atom stereocenters. The van der Waals surface area contributed by atoms with Crippen molar-refractivity contribution in [1.82, 2.24) is 14.9 Å². The van der Waals surface area contributed by atoms with E-state index in [1.807, 2.05) is 0 Å². The van der Waals surface area contributed by atoms with E-state index in [0.29, 0.717) is 18.1 Å². The smallest absolute Gasteiger partial charge is 0.225 e. The SMILES string of the molecule is CCN(CCCc1ccccc1)C[C@]1(C)Cc2c(N)nc(N)nc2O1. The number of aryl methyl sites for hydroxylation is 1. The molecular formula is C19H27N5O. The number of fused-ring (bicyclic) bond motifs is 1. The number of hydrogen-bond acceptors (Lipinski definition) is 6. The molecule has 0 spiro atoms. The summed E-state index contributed by atoms with van der Waals surface area (Å²) in [6.07, 6.45) is 2.92. The van der Waals surface area contributed by atoms with Crippen LogP contribution in [0.15, 0.2) is 30.3 Å². The second kappa shape index (κ2) is 7.27. The van der Waals surface area contributed by atoms with Gasteiger partial charge in [0.05, 0.1) is 5.56 Å². The summed E-state index contributed by atoms with van der Waals surface area (Å²) in [7, 11) is 0. The zero-order valence-electron chi connectivity index (χ0n) is 15.0. The molecule has 1 aromatic heterocycles. The molecule has 0 radical (unpaired) electrons. The first-order valence-corrected chi connectivity index (χ1v) is 8.86. The van der Waals surface area contributed by atoms with E-state index in [-0.39, 0.29) is 11.5 Å². The third kappa shape index (κ3) is 4.20. The lowest BCUT2D eigenvalue weighted by atomic mass is 9.99. The third-order valence-electron chi connectivity index (χ3n) is 4.70. The molecule has 0 saturated carbocycles. The molecule has 1 aliphatic heterocycles. The predicted octanol–water partition coefficient (Wildman–Crippen LogP) is 2.29. The lowest BCUT2D eigenvalue weighted by Gasteiger charge is -2.31. The minimum absolute atomic E-state index is 0.163. The number of rotatable bonds is 7. The first-order chi connectivity index (χ1) is 12.0. The largest absolute Gasteiger partial charge is 0.469 e. The van der Waals surface area contributed by atoms with E-state index in [9.17, 15) is 0 Å². The molecule has 0 fully saturated rings. The Hall–Kier alpha value is -2.34. The molecule has 0 amide bonds. The topological polar surface area (TPSA) is 90.3 Å². The number of benzene rings is 1. The fraction of sp³-hybridized carbons (Fsp3) is 0.474. The average Bonchev–Trinajstić information content (AvgIpc) is 2.91. The van der Waals surface area contributed by atoms with Gasteiger partial charge in [-0.05, 0) is 38.4 Å². The second-order valence-electron chi connectivity index (χ2n) is 6.94. The second-order valence-corrected chi connectivity index (χ2v) is 6.94. The molecule has 25 heavy (non-hydrogen) atoms. The summed E-state index contributed by atoms with van der Waals surface area (Å²) in [6.45, 7) is 7.12. The highest BCUT2D eigenvalue weighted by Gasteiger charge is 2.39. The van der Waals surface area contributed by atoms with Crippen LogP contribution in [0.1, 0.15) is 31.4 Å². The molecule has 134 valence electrons. The van der Waals surface area contributed by atoms with Crippen LogP contribution in [0.25, 0.3) is 0 Å². The fourth-order valence-electron chi connectivity index (χ4n) is 3.45. The maximum atomic E-state index is 6.10. The molecule has 6 heteroatoms. The normalized spacial score (nSPS) is 19.0. The number of nitrogens with zero attached hydrogens (tertiary/aromatic N) is 3. The highest BCUT2D eigenvalue weighted by Crippen LogP contribution is 2.37. The van der Waals surface area contributed by atoms with Crippen molar-refractivity contribution in [3.05, 3.63) is 41.5 Å². The van der Waals surface area contributed by atoms with Crippen molar-refractivity contribution < 1.29 is 4.74 Å². The summed E-state index contributed by atoms with van der Waals surface area (Å²) in [4.78, 5) is 10.7. The summed E-state index contributed by atoms with van der Waals surface area (Å²) in [5.41, 5.74) is 13.6. The van der Waals surface area contributed by atoms with Gasteiger partial charge in [-0.15, -0.1) is 0 Å². The van der Waals surface area contributed by atoms with Gasteiger partial charge in [0.2, 0.25) is 11.8 Å². The minimum Gasteiger partial charge on any atom is -0.469 e. The molecule has 0 unspecified atom stereocenters. The van der Waals surface area contributed by atoms with E-state index in [4.69, 9.17) is 16.2 Å². The molecular weight excluding hydrogens is 314 g/mol. The highest BCUT2D eigenvalue weighted by atomic mass is 16.5. The first-order valence-electron chi connectivity index (χ1n) is 8.86. The van der Waals surface area contributed by atoms with Crippen LogP contribution in [0.5, 0.6) is 5.88 Å². The van der Waals surface area contributed by atoms with Crippen LogP contribution < -0.4 is 16.2 Å². The van der Waals surface area contributed by atoms with Gasteiger partial charge < -0.3 is 16.2 Å². The Kier molecular flexibility index (Phi) is 5.08. The molecule has 3 rings (SSSR count). The number of likely N-dealkylation sites (N-methyl/N-ethyl adjacent to an activating group) is 1. The average molecular weight is 341 g/mol. The number of nitrogen functional groups attached to an aromatic ring is 2. The monoisotopic (exact) mass is 341 g/mol. The molecule has 6 nitrogen and oxygen atoms in total. The van der Waals surface area contributed by atoms with E-state index in [2.05, 4.69) is 59.0 Å². The molecule has 1 aromatic carbocycles. The lowest BCUT2D eigenvalue weighted by molar-refractivity contribution is 0.0617. The van der Waals surface area contributed by atoms with E-state index < -0.39 is 0 Å². The van der Waals surface area contributed by atoms with Crippen molar-refractivity contribution in [2.45, 2.75) is 38.7 Å². The van der Waals surface area contributed by atoms with Gasteiger partial charge in [0.1, 0.15) is 11.4 Å². The summed E-state index contributed by atoms with van der Waals surface area (Å²) < 4.78 is 6.10. The van der Waals surface area contributed by atoms with Crippen molar-refractivity contribution in [2.75, 3.05) is 31.1 Å². The molecule has 2 aromatic rings. The summed E-state index contributed by atoms with van der Waals surface area (Å²) in [5.74, 6) is 1.13. The van der Waals surface area contributed by atoms with Crippen LogP contribution >= 0.6 is 0 Å². The van der Waals surface area contributed by atoms with Gasteiger partial charge in [-0.1, -0.05) is 37.3 Å². The van der Waals surface area contributed by atoms with Gasteiger partial charge in [-0.2, -0.15) is 9.97 Å². The number of aromatic nitrogens is 2. The molecule has 2 heterocycles. The fourth-order valence-corrected chi connectivity index (χ4v) is 3.45. The van der Waals surface area contributed by atoms with Crippen molar-refractivity contribution in [2.24, 2.45) is 0 Å². The maximum Gasteiger partial charge on any atom is 0.225 e. The first kappa shape index (κ1) is 17.5. The van der Waals surface area contributed by atoms with E-state index in [1.54, 1.807) is 0 Å². The molecule has 0 saturated heterocycles. The predicted molar refractivity (Wildman–Crippen MR) is 100 cm³/mol. The van der Waals surface area contributed by atoms with Gasteiger partial charge >= 0.3 is 0 Å². The Bertz CT molecular complexity index is 721. The van der Waals surface area contributed by atoms with Gasteiger partial charge in [-0.3, -0.25) is 4.90 Å². The number of ether oxygens (including phenoxy) is 1. The summed E-state index contributed by atoms with van der Waals surface area (Å²) in [6, 6.07) is 10.6. The Morgan fingerprint density at radius 1 is 1.20 bits per heavy atom. The van der Waals surface area contributed by atoms with Crippen LogP contribution in [0, 0.1) is 0 Å². The maximum absolute atomic E-state index is 6.10. The quantitative estimate of drug-likeness (QED) is 0.803. The summed E-state index contributed by atoms with van der Waals surface area (Å²) in [5, 5.41) is 0. The zero-order valence-corrected chi connectivity index (χ0v) is 15.0. The Labute approximate surface area is 149 Å². The minimum atomic E-state index is -0.346. The van der Waals surface area contributed by atoms with Gasteiger partial charge in [0, 0.05) is 13.0 Å². The van der Waals surface area contributed by atoms with E-state index >= 15 is 0 Å². The van der Waals surface area contributed by atoms with Crippen molar-refractivity contribution in [3.63, 3.8) is 0 Å². The van der Waals surface area contributed by atoms with Crippen LogP contribution in [-0.4, -0.2) is 40.1 Å². The zero-order chi connectivity index (χ0) is 17.9. The highest BCUT2D eigenvalue weighted by molar-refractivity contribution is 5.52. The van der Waals surface area contributed by atoms with Gasteiger partial charge in [0.25, 0.3) is 0 Å². The van der Waals surface area contributed by atoms with Crippen molar-refractivity contribution in [1.29, 1.82) is 0 Å². The van der Waals surface area contributed by atoms with Crippen LogP contribution in [-0.2, 0) is 12.8 Å². The molecule has 0 bridgehead atoms. The number of hydrogen-bond donors (Lipinski definition) is 2.